The fourth-order valence-electron chi connectivity index (χ4n) is 4.39. The Morgan fingerprint density at radius 2 is 2.14 bits per heavy atom. The SMILES string of the molecule is O=C(NCCc1nc2ccccc2[nH]1)c1c2c(nn1[C@@H]1CCS(=O)(=O)C1)CCC2. The minimum Gasteiger partial charge on any atom is -0.350 e. The van der Waals surface area contributed by atoms with Gasteiger partial charge in [0.2, 0.25) is 0 Å². The van der Waals surface area contributed by atoms with Crippen LogP contribution in [0, 0.1) is 0 Å². The number of H-pyrrole nitrogens is 1. The molecular formula is C20H23N5O3S. The lowest BCUT2D eigenvalue weighted by molar-refractivity contribution is 0.0940. The first-order chi connectivity index (χ1) is 14.0. The number of carbonyl (C=O) groups is 1. The standard InChI is InChI=1S/C20H23N5O3S/c26-20(21-10-8-18-22-16-5-1-2-6-17(16)23-18)19-14-4-3-7-15(14)24-25(19)13-9-11-29(27,28)12-13/h1-2,5-6,13H,3-4,7-12H2,(H,21,26)(H,22,23)/t13-/m1/s1. The molecule has 1 atom stereocenters. The van der Waals surface area contributed by atoms with Crippen molar-refractivity contribution in [1.29, 1.82) is 0 Å². The number of amides is 1. The number of imidazole rings is 1. The molecule has 1 fully saturated rings. The second-order valence-corrected chi connectivity index (χ2v) is 10.1. The third-order valence-corrected chi connectivity index (χ3v) is 7.54. The van der Waals surface area contributed by atoms with Gasteiger partial charge in [0.25, 0.3) is 5.91 Å². The molecule has 29 heavy (non-hydrogen) atoms. The molecule has 0 radical (unpaired) electrons. The molecule has 1 saturated heterocycles. The Morgan fingerprint density at radius 1 is 1.28 bits per heavy atom. The van der Waals surface area contributed by atoms with Crippen molar-refractivity contribution in [3.05, 3.63) is 47.0 Å². The first kappa shape index (κ1) is 18.4. The van der Waals surface area contributed by atoms with E-state index in [1.54, 1.807) is 4.68 Å². The van der Waals surface area contributed by atoms with Crippen molar-refractivity contribution in [3.63, 3.8) is 0 Å². The molecule has 2 aliphatic rings. The van der Waals surface area contributed by atoms with Gasteiger partial charge in [-0.1, -0.05) is 12.1 Å². The molecule has 1 aliphatic heterocycles. The van der Waals surface area contributed by atoms with Gasteiger partial charge in [-0.05, 0) is 37.8 Å². The van der Waals surface area contributed by atoms with Gasteiger partial charge in [0.15, 0.2) is 9.84 Å². The highest BCUT2D eigenvalue weighted by Gasteiger charge is 2.35. The van der Waals surface area contributed by atoms with E-state index in [-0.39, 0.29) is 23.5 Å². The Balaban J connectivity index is 1.32. The van der Waals surface area contributed by atoms with Crippen LogP contribution in [0.1, 0.15) is 46.5 Å². The van der Waals surface area contributed by atoms with Crippen molar-refractivity contribution in [2.24, 2.45) is 0 Å². The number of hydrogen-bond acceptors (Lipinski definition) is 5. The first-order valence-electron chi connectivity index (χ1n) is 10.0. The van der Waals surface area contributed by atoms with Gasteiger partial charge in [-0.15, -0.1) is 0 Å². The Labute approximate surface area is 168 Å². The Morgan fingerprint density at radius 3 is 2.93 bits per heavy atom. The van der Waals surface area contributed by atoms with Gasteiger partial charge >= 0.3 is 0 Å². The van der Waals surface area contributed by atoms with E-state index in [0.717, 1.165) is 47.4 Å². The fourth-order valence-corrected chi connectivity index (χ4v) is 6.08. The molecule has 152 valence electrons. The summed E-state index contributed by atoms with van der Waals surface area (Å²) in [6.45, 7) is 0.446. The van der Waals surface area contributed by atoms with Gasteiger partial charge in [-0.25, -0.2) is 13.4 Å². The summed E-state index contributed by atoms with van der Waals surface area (Å²) in [6, 6.07) is 7.58. The lowest BCUT2D eigenvalue weighted by Crippen LogP contribution is -2.30. The molecule has 3 aromatic rings. The van der Waals surface area contributed by atoms with Gasteiger partial charge in [-0.3, -0.25) is 9.48 Å². The molecule has 0 bridgehead atoms. The maximum atomic E-state index is 13.0. The molecule has 2 N–H and O–H groups in total. The van der Waals surface area contributed by atoms with E-state index < -0.39 is 9.84 Å². The van der Waals surface area contributed by atoms with Crippen LogP contribution in [-0.4, -0.2) is 52.1 Å². The number of aromatic amines is 1. The van der Waals surface area contributed by atoms with Crippen molar-refractivity contribution in [2.45, 2.75) is 38.1 Å². The largest absolute Gasteiger partial charge is 0.350 e. The highest BCUT2D eigenvalue weighted by Crippen LogP contribution is 2.31. The Hall–Kier alpha value is -2.68. The fraction of sp³-hybridized carbons (Fsp3) is 0.450. The van der Waals surface area contributed by atoms with Crippen LogP contribution in [0.15, 0.2) is 24.3 Å². The topological polar surface area (TPSA) is 110 Å². The minimum atomic E-state index is -3.05. The van der Waals surface area contributed by atoms with Crippen molar-refractivity contribution in [1.82, 2.24) is 25.1 Å². The van der Waals surface area contributed by atoms with Crippen LogP contribution in [0.25, 0.3) is 11.0 Å². The quantitative estimate of drug-likeness (QED) is 0.660. The third kappa shape index (κ3) is 3.43. The molecule has 5 rings (SSSR count). The number of nitrogens with one attached hydrogen (secondary N) is 2. The number of sulfone groups is 1. The molecule has 0 unspecified atom stereocenters. The molecule has 2 aromatic heterocycles. The van der Waals surface area contributed by atoms with E-state index in [9.17, 15) is 13.2 Å². The van der Waals surface area contributed by atoms with E-state index >= 15 is 0 Å². The normalized spacial score (nSPS) is 20.2. The van der Waals surface area contributed by atoms with Crippen molar-refractivity contribution in [2.75, 3.05) is 18.1 Å². The Bertz CT molecular complexity index is 1160. The summed E-state index contributed by atoms with van der Waals surface area (Å²) in [5.74, 6) is 0.871. The maximum absolute atomic E-state index is 13.0. The average Bonchev–Trinajstić information content (AvgIpc) is 3.42. The lowest BCUT2D eigenvalue weighted by Gasteiger charge is -2.14. The second kappa shape index (κ2) is 6.98. The predicted molar refractivity (Wildman–Crippen MR) is 109 cm³/mol. The summed E-state index contributed by atoms with van der Waals surface area (Å²) in [4.78, 5) is 20.8. The molecule has 8 nitrogen and oxygen atoms in total. The van der Waals surface area contributed by atoms with Crippen molar-refractivity contribution < 1.29 is 13.2 Å². The van der Waals surface area contributed by atoms with Gasteiger partial charge in [0.1, 0.15) is 11.5 Å². The van der Waals surface area contributed by atoms with E-state index in [4.69, 9.17) is 0 Å². The number of hydrogen-bond donors (Lipinski definition) is 2. The number of benzene rings is 1. The van der Waals surface area contributed by atoms with E-state index in [1.165, 1.54) is 0 Å². The summed E-state index contributed by atoms with van der Waals surface area (Å²) < 4.78 is 25.5. The zero-order chi connectivity index (χ0) is 20.0. The predicted octanol–water partition coefficient (Wildman–Crippen LogP) is 1.58. The first-order valence-corrected chi connectivity index (χ1v) is 11.8. The second-order valence-electron chi connectivity index (χ2n) is 7.84. The summed E-state index contributed by atoms with van der Waals surface area (Å²) in [6.07, 6.45) is 3.76. The van der Waals surface area contributed by atoms with Crippen LogP contribution >= 0.6 is 0 Å². The van der Waals surface area contributed by atoms with E-state index in [2.05, 4.69) is 20.4 Å². The van der Waals surface area contributed by atoms with E-state index in [0.29, 0.717) is 25.1 Å². The number of carbonyl (C=O) groups excluding carboxylic acids is 1. The third-order valence-electron chi connectivity index (χ3n) is 5.79. The molecule has 3 heterocycles. The van der Waals surface area contributed by atoms with E-state index in [1.807, 2.05) is 24.3 Å². The zero-order valence-corrected chi connectivity index (χ0v) is 16.8. The van der Waals surface area contributed by atoms with Crippen molar-refractivity contribution in [3.8, 4) is 0 Å². The average molecular weight is 414 g/mol. The number of aryl methyl sites for hydroxylation is 1. The van der Waals surface area contributed by atoms with Crippen LogP contribution in [0.2, 0.25) is 0 Å². The van der Waals surface area contributed by atoms with Gasteiger partial charge in [-0.2, -0.15) is 5.10 Å². The summed E-state index contributed by atoms with van der Waals surface area (Å²) in [5.41, 5.74) is 4.36. The summed E-state index contributed by atoms with van der Waals surface area (Å²) in [7, 11) is -3.05. The highest BCUT2D eigenvalue weighted by atomic mass is 32.2. The lowest BCUT2D eigenvalue weighted by atomic mass is 10.1. The van der Waals surface area contributed by atoms with Crippen LogP contribution in [0.5, 0.6) is 0 Å². The minimum absolute atomic E-state index is 0.0623. The molecule has 9 heteroatoms. The Kier molecular flexibility index (Phi) is 4.42. The maximum Gasteiger partial charge on any atom is 0.269 e. The molecule has 0 saturated carbocycles. The van der Waals surface area contributed by atoms with Crippen LogP contribution in [0.3, 0.4) is 0 Å². The summed E-state index contributed by atoms with van der Waals surface area (Å²) in [5, 5.41) is 7.61. The zero-order valence-electron chi connectivity index (χ0n) is 16.0. The number of aromatic nitrogens is 4. The number of fused-ring (bicyclic) bond motifs is 2. The summed E-state index contributed by atoms with van der Waals surface area (Å²) >= 11 is 0. The smallest absolute Gasteiger partial charge is 0.269 e. The van der Waals surface area contributed by atoms with Crippen LogP contribution in [0.4, 0.5) is 0 Å². The molecule has 1 aromatic carbocycles. The number of nitrogens with zero attached hydrogens (tertiary/aromatic N) is 3. The highest BCUT2D eigenvalue weighted by molar-refractivity contribution is 7.91. The van der Waals surface area contributed by atoms with Crippen molar-refractivity contribution >= 4 is 26.8 Å². The monoisotopic (exact) mass is 413 g/mol. The van der Waals surface area contributed by atoms with Gasteiger partial charge in [0.05, 0.1) is 34.3 Å². The molecule has 1 amide bonds. The van der Waals surface area contributed by atoms with Crippen LogP contribution < -0.4 is 5.32 Å². The number of para-hydroxylation sites is 2. The molecular weight excluding hydrogens is 390 g/mol. The van der Waals surface area contributed by atoms with Crippen LogP contribution in [-0.2, 0) is 29.1 Å². The molecule has 1 aliphatic carbocycles. The molecule has 0 spiro atoms. The number of rotatable bonds is 5. The van der Waals surface area contributed by atoms with Gasteiger partial charge in [0, 0.05) is 18.5 Å². The van der Waals surface area contributed by atoms with Gasteiger partial charge < -0.3 is 10.3 Å².